The Labute approximate surface area is 140 Å². The van der Waals surface area contributed by atoms with E-state index >= 15 is 0 Å². The lowest BCUT2D eigenvalue weighted by Gasteiger charge is -2.07. The maximum absolute atomic E-state index is 11.9. The number of hydrazone groups is 1. The molecule has 2 rings (SSSR count). The number of hydrogen-bond acceptors (Lipinski definition) is 4. The summed E-state index contributed by atoms with van der Waals surface area (Å²) in [5, 5.41) is 6.89. The number of benzene rings is 1. The smallest absolute Gasteiger partial charge is 0.329 e. The minimum absolute atomic E-state index is 0.351. The molecule has 0 unspecified atom stereocenters. The van der Waals surface area contributed by atoms with Gasteiger partial charge in [-0.15, -0.1) is 0 Å². The van der Waals surface area contributed by atoms with Crippen LogP contribution in [-0.2, 0) is 9.59 Å². The Kier molecular flexibility index (Phi) is 6.40. The molecule has 124 valence electrons. The van der Waals surface area contributed by atoms with Crippen LogP contribution in [-0.4, -0.2) is 24.6 Å². The van der Waals surface area contributed by atoms with Crippen LogP contribution in [0.25, 0.3) is 0 Å². The van der Waals surface area contributed by atoms with Crippen molar-refractivity contribution in [2.24, 2.45) is 5.10 Å². The highest BCUT2D eigenvalue weighted by Crippen LogP contribution is 2.27. The van der Waals surface area contributed by atoms with Gasteiger partial charge in [0, 0.05) is 11.4 Å². The SMILES string of the molecule is COc1ccc(NC(=O)C(=O)NN=C2CCCCCC2)cc1Cl. The zero-order valence-electron chi connectivity index (χ0n) is 13.0. The van der Waals surface area contributed by atoms with Crippen LogP contribution in [0.4, 0.5) is 5.69 Å². The van der Waals surface area contributed by atoms with E-state index in [1.807, 2.05) is 0 Å². The van der Waals surface area contributed by atoms with Gasteiger partial charge in [-0.25, -0.2) is 5.43 Å². The predicted octanol–water partition coefficient (Wildman–Crippen LogP) is 3.11. The van der Waals surface area contributed by atoms with Crippen LogP contribution in [0.1, 0.15) is 38.5 Å². The molecule has 0 saturated heterocycles. The second-order valence-corrected chi connectivity index (χ2v) is 5.74. The second-order valence-electron chi connectivity index (χ2n) is 5.34. The van der Waals surface area contributed by atoms with Crippen molar-refractivity contribution in [2.45, 2.75) is 38.5 Å². The molecule has 0 aromatic heterocycles. The molecule has 1 saturated carbocycles. The summed E-state index contributed by atoms with van der Waals surface area (Å²) in [6.07, 6.45) is 6.26. The maximum Gasteiger partial charge on any atom is 0.329 e. The summed E-state index contributed by atoms with van der Waals surface area (Å²) in [7, 11) is 1.50. The standard InChI is InChI=1S/C16H20ClN3O3/c1-23-14-9-8-12(10-13(14)17)18-15(21)16(22)20-19-11-6-4-2-3-5-7-11/h8-10H,2-7H2,1H3,(H,18,21)(H,20,22). The Morgan fingerprint density at radius 3 is 2.43 bits per heavy atom. The van der Waals surface area contributed by atoms with Gasteiger partial charge in [-0.1, -0.05) is 24.4 Å². The molecule has 0 bridgehead atoms. The zero-order valence-corrected chi connectivity index (χ0v) is 13.8. The molecule has 2 N–H and O–H groups in total. The summed E-state index contributed by atoms with van der Waals surface area (Å²) in [5.41, 5.74) is 3.67. The molecule has 1 aliphatic rings. The van der Waals surface area contributed by atoms with Crippen LogP contribution in [0, 0.1) is 0 Å². The van der Waals surface area contributed by atoms with Crippen molar-refractivity contribution in [3.8, 4) is 5.75 Å². The number of rotatable bonds is 3. The Morgan fingerprint density at radius 1 is 1.13 bits per heavy atom. The highest BCUT2D eigenvalue weighted by molar-refractivity contribution is 6.40. The number of nitrogens with zero attached hydrogens (tertiary/aromatic N) is 1. The summed E-state index contributed by atoms with van der Waals surface area (Å²) in [6.45, 7) is 0. The third kappa shape index (κ3) is 5.25. The van der Waals surface area contributed by atoms with Gasteiger partial charge in [0.1, 0.15) is 5.75 Å². The molecule has 0 atom stereocenters. The van der Waals surface area contributed by atoms with Crippen molar-refractivity contribution in [1.29, 1.82) is 0 Å². The molecule has 23 heavy (non-hydrogen) atoms. The lowest BCUT2D eigenvalue weighted by atomic mass is 10.2. The Bertz CT molecular complexity index is 607. The average molecular weight is 338 g/mol. The molecule has 7 heteroatoms. The van der Waals surface area contributed by atoms with E-state index in [-0.39, 0.29) is 0 Å². The molecular formula is C16H20ClN3O3. The molecule has 0 spiro atoms. The zero-order chi connectivity index (χ0) is 16.7. The van der Waals surface area contributed by atoms with Gasteiger partial charge in [0.15, 0.2) is 0 Å². The van der Waals surface area contributed by atoms with E-state index in [1.165, 1.54) is 26.0 Å². The fourth-order valence-corrected chi connectivity index (χ4v) is 2.62. The first-order chi connectivity index (χ1) is 11.1. The largest absolute Gasteiger partial charge is 0.495 e. The van der Waals surface area contributed by atoms with Crippen molar-refractivity contribution < 1.29 is 14.3 Å². The summed E-state index contributed by atoms with van der Waals surface area (Å²) >= 11 is 5.97. The summed E-state index contributed by atoms with van der Waals surface area (Å²) in [6, 6.07) is 4.73. The van der Waals surface area contributed by atoms with Crippen molar-refractivity contribution in [1.82, 2.24) is 5.43 Å². The minimum atomic E-state index is -0.798. The number of halogens is 1. The van der Waals surface area contributed by atoms with E-state index in [1.54, 1.807) is 12.1 Å². The van der Waals surface area contributed by atoms with Crippen LogP contribution in [0.15, 0.2) is 23.3 Å². The van der Waals surface area contributed by atoms with Gasteiger partial charge in [0.25, 0.3) is 0 Å². The van der Waals surface area contributed by atoms with Crippen molar-refractivity contribution in [3.63, 3.8) is 0 Å². The van der Waals surface area contributed by atoms with Crippen LogP contribution in [0.2, 0.25) is 5.02 Å². The second kappa shape index (κ2) is 8.53. The predicted molar refractivity (Wildman–Crippen MR) is 89.9 cm³/mol. The number of nitrogens with one attached hydrogen (secondary N) is 2. The van der Waals surface area contributed by atoms with E-state index in [9.17, 15) is 9.59 Å². The molecular weight excluding hydrogens is 318 g/mol. The number of hydrogen-bond donors (Lipinski definition) is 2. The molecule has 1 aliphatic carbocycles. The fourth-order valence-electron chi connectivity index (χ4n) is 2.36. The molecule has 6 nitrogen and oxygen atoms in total. The average Bonchev–Trinajstić information content (AvgIpc) is 2.81. The fraction of sp³-hybridized carbons (Fsp3) is 0.438. The molecule has 0 heterocycles. The van der Waals surface area contributed by atoms with E-state index in [0.29, 0.717) is 16.5 Å². The van der Waals surface area contributed by atoms with E-state index in [0.717, 1.165) is 31.4 Å². The molecule has 1 aromatic rings. The summed E-state index contributed by atoms with van der Waals surface area (Å²) < 4.78 is 5.03. The Balaban J connectivity index is 1.90. The highest BCUT2D eigenvalue weighted by atomic mass is 35.5. The van der Waals surface area contributed by atoms with Gasteiger partial charge in [0.2, 0.25) is 0 Å². The van der Waals surface area contributed by atoms with Crippen LogP contribution < -0.4 is 15.5 Å². The summed E-state index contributed by atoms with van der Waals surface area (Å²) in [4.78, 5) is 23.6. The Hall–Kier alpha value is -2.08. The normalized spacial score (nSPS) is 14.6. The van der Waals surface area contributed by atoms with E-state index in [2.05, 4.69) is 15.8 Å². The van der Waals surface area contributed by atoms with Gasteiger partial charge in [-0.3, -0.25) is 9.59 Å². The maximum atomic E-state index is 11.9. The Morgan fingerprint density at radius 2 is 1.83 bits per heavy atom. The van der Waals surface area contributed by atoms with Crippen LogP contribution in [0.3, 0.4) is 0 Å². The third-order valence-corrected chi connectivity index (χ3v) is 3.91. The minimum Gasteiger partial charge on any atom is -0.495 e. The number of methoxy groups -OCH3 is 1. The van der Waals surface area contributed by atoms with Gasteiger partial charge in [-0.2, -0.15) is 5.10 Å². The number of anilines is 1. The number of ether oxygens (including phenoxy) is 1. The lowest BCUT2D eigenvalue weighted by molar-refractivity contribution is -0.136. The first kappa shape index (κ1) is 17.3. The third-order valence-electron chi connectivity index (χ3n) is 3.61. The topological polar surface area (TPSA) is 79.8 Å². The van der Waals surface area contributed by atoms with Gasteiger partial charge in [0.05, 0.1) is 12.1 Å². The lowest BCUT2D eigenvalue weighted by Crippen LogP contribution is -2.33. The van der Waals surface area contributed by atoms with Crippen LogP contribution in [0.5, 0.6) is 5.75 Å². The first-order valence-corrected chi connectivity index (χ1v) is 7.98. The number of carbonyl (C=O) groups excluding carboxylic acids is 2. The highest BCUT2D eigenvalue weighted by Gasteiger charge is 2.15. The molecule has 1 fully saturated rings. The van der Waals surface area contributed by atoms with Crippen molar-refractivity contribution >= 4 is 34.8 Å². The molecule has 1 aromatic carbocycles. The number of amides is 2. The van der Waals surface area contributed by atoms with E-state index in [4.69, 9.17) is 16.3 Å². The number of carbonyl (C=O) groups is 2. The molecule has 2 amide bonds. The monoisotopic (exact) mass is 337 g/mol. The van der Waals surface area contributed by atoms with Crippen molar-refractivity contribution in [2.75, 3.05) is 12.4 Å². The van der Waals surface area contributed by atoms with E-state index < -0.39 is 11.8 Å². The van der Waals surface area contributed by atoms with Crippen molar-refractivity contribution in [3.05, 3.63) is 23.2 Å². The quantitative estimate of drug-likeness (QED) is 0.505. The summed E-state index contributed by atoms with van der Waals surface area (Å²) in [5.74, 6) is -1.09. The molecule has 0 radical (unpaired) electrons. The van der Waals surface area contributed by atoms with Gasteiger partial charge < -0.3 is 10.1 Å². The van der Waals surface area contributed by atoms with Crippen LogP contribution >= 0.6 is 11.6 Å². The van der Waals surface area contributed by atoms with Gasteiger partial charge >= 0.3 is 11.8 Å². The molecule has 0 aliphatic heterocycles. The van der Waals surface area contributed by atoms with Gasteiger partial charge in [-0.05, 0) is 43.9 Å². The first-order valence-electron chi connectivity index (χ1n) is 7.60.